The minimum absolute atomic E-state index is 0. The first kappa shape index (κ1) is 15.5. The van der Waals surface area contributed by atoms with Crippen LogP contribution in [0.1, 0.15) is 0 Å². The fraction of sp³-hybridized carbons (Fsp3) is 0. The lowest BCUT2D eigenvalue weighted by Gasteiger charge is -2.03. The molecule has 0 bridgehead atoms. The highest BCUT2D eigenvalue weighted by atomic mass is 35.5. The summed E-state index contributed by atoms with van der Waals surface area (Å²) in [6.07, 6.45) is 0. The van der Waals surface area contributed by atoms with Crippen molar-refractivity contribution in [3.8, 4) is 22.6 Å². The first-order valence-corrected chi connectivity index (χ1v) is 8.01. The molecule has 0 fully saturated rings. The Labute approximate surface area is 151 Å². The van der Waals surface area contributed by atoms with Crippen LogP contribution in [0.4, 0.5) is 0 Å². The number of H-pyrrole nitrogens is 2. The summed E-state index contributed by atoms with van der Waals surface area (Å²) in [6, 6.07) is 27.0. The molecule has 0 atom stereocenters. The number of fused-ring (bicyclic) bond motifs is 2. The van der Waals surface area contributed by atoms with Crippen molar-refractivity contribution >= 4 is 34.3 Å². The van der Waals surface area contributed by atoms with Gasteiger partial charge in [0.25, 0.3) is 0 Å². The normalized spacial score (nSPS) is 10.9. The van der Waals surface area contributed by atoms with Gasteiger partial charge in [-0.25, -0.2) is 4.98 Å². The maximum Gasteiger partial charge on any atom is 0.155 e. The van der Waals surface area contributed by atoms with Crippen LogP contribution in [0.3, 0.4) is 0 Å². The highest BCUT2D eigenvalue weighted by Gasteiger charge is 2.17. The van der Waals surface area contributed by atoms with Gasteiger partial charge < -0.3 is 9.97 Å². The lowest BCUT2D eigenvalue weighted by molar-refractivity contribution is 1.29. The van der Waals surface area contributed by atoms with E-state index >= 15 is 0 Å². The van der Waals surface area contributed by atoms with Gasteiger partial charge >= 0.3 is 0 Å². The molecule has 0 saturated heterocycles. The molecule has 2 N–H and O–H groups in total. The summed E-state index contributed by atoms with van der Waals surface area (Å²) >= 11 is 0. The molecule has 0 aliphatic rings. The van der Waals surface area contributed by atoms with Crippen LogP contribution in [0.15, 0.2) is 78.9 Å². The minimum Gasteiger partial charge on any atom is -0.351 e. The second kappa shape index (κ2) is 6.11. The molecule has 0 spiro atoms. The van der Waals surface area contributed by atoms with Crippen LogP contribution in [0.5, 0.6) is 0 Å². The van der Waals surface area contributed by atoms with E-state index in [1.165, 1.54) is 16.5 Å². The maximum atomic E-state index is 4.78. The Balaban J connectivity index is 0.00000157. The van der Waals surface area contributed by atoms with Gasteiger partial charge in [0.15, 0.2) is 5.82 Å². The fourth-order valence-corrected chi connectivity index (χ4v) is 3.30. The van der Waals surface area contributed by atoms with Gasteiger partial charge in [-0.2, -0.15) is 0 Å². The van der Waals surface area contributed by atoms with E-state index in [-0.39, 0.29) is 12.4 Å². The molecule has 0 amide bonds. The lowest BCUT2D eigenvalue weighted by atomic mass is 10.0. The quantitative estimate of drug-likeness (QED) is 0.417. The average Bonchev–Trinajstić information content (AvgIpc) is 3.23. The minimum atomic E-state index is 0. The van der Waals surface area contributed by atoms with Crippen molar-refractivity contribution in [1.29, 1.82) is 0 Å². The van der Waals surface area contributed by atoms with E-state index in [1.54, 1.807) is 0 Å². The maximum absolute atomic E-state index is 4.78. The van der Waals surface area contributed by atoms with Crippen LogP contribution >= 0.6 is 12.4 Å². The third-order valence-corrected chi connectivity index (χ3v) is 4.39. The van der Waals surface area contributed by atoms with Crippen LogP contribution in [0, 0.1) is 0 Å². The molecular weight excluding hydrogens is 330 g/mol. The van der Waals surface area contributed by atoms with Gasteiger partial charge in [0, 0.05) is 16.5 Å². The molecule has 0 saturated carbocycles. The number of rotatable bonds is 2. The number of aromatic amines is 2. The van der Waals surface area contributed by atoms with Crippen molar-refractivity contribution in [3.63, 3.8) is 0 Å². The first-order valence-electron chi connectivity index (χ1n) is 8.01. The summed E-state index contributed by atoms with van der Waals surface area (Å²) in [7, 11) is 0. The summed E-state index contributed by atoms with van der Waals surface area (Å²) < 4.78 is 0. The molecule has 5 aromatic rings. The number of para-hydroxylation sites is 3. The van der Waals surface area contributed by atoms with Crippen molar-refractivity contribution < 1.29 is 0 Å². The highest BCUT2D eigenvalue weighted by molar-refractivity contribution is 6.03. The van der Waals surface area contributed by atoms with Gasteiger partial charge in [-0.05, 0) is 23.8 Å². The largest absolute Gasteiger partial charge is 0.351 e. The molecule has 4 heteroatoms. The van der Waals surface area contributed by atoms with Crippen molar-refractivity contribution in [2.24, 2.45) is 0 Å². The van der Waals surface area contributed by atoms with Gasteiger partial charge in [-0.3, -0.25) is 0 Å². The molecule has 3 aromatic carbocycles. The van der Waals surface area contributed by atoms with Crippen LogP contribution < -0.4 is 0 Å². The number of imidazole rings is 1. The Morgan fingerprint density at radius 1 is 0.640 bits per heavy atom. The molecular formula is C21H16ClN3. The molecule has 0 aliphatic heterocycles. The number of hydrogen-bond acceptors (Lipinski definition) is 1. The van der Waals surface area contributed by atoms with Crippen molar-refractivity contribution in [1.82, 2.24) is 15.0 Å². The molecule has 0 radical (unpaired) electrons. The Kier molecular flexibility index (Phi) is 3.79. The molecule has 3 nitrogen and oxygen atoms in total. The average molecular weight is 346 g/mol. The number of aromatic nitrogens is 3. The predicted octanol–water partition coefficient (Wildman–Crippen LogP) is 5.80. The Bertz CT molecular complexity index is 1120. The predicted molar refractivity (Wildman–Crippen MR) is 106 cm³/mol. The van der Waals surface area contributed by atoms with E-state index in [0.29, 0.717) is 0 Å². The van der Waals surface area contributed by atoms with E-state index < -0.39 is 0 Å². The van der Waals surface area contributed by atoms with Gasteiger partial charge in [-0.15, -0.1) is 12.4 Å². The summed E-state index contributed by atoms with van der Waals surface area (Å²) in [4.78, 5) is 11.8. The summed E-state index contributed by atoms with van der Waals surface area (Å²) in [5.41, 5.74) is 6.54. The van der Waals surface area contributed by atoms with Crippen LogP contribution in [0.25, 0.3) is 44.6 Å². The summed E-state index contributed by atoms with van der Waals surface area (Å²) in [5.74, 6) is 0.867. The Hall–Kier alpha value is -3.04. The van der Waals surface area contributed by atoms with E-state index in [1.807, 2.05) is 24.3 Å². The van der Waals surface area contributed by atoms with Crippen LogP contribution in [-0.2, 0) is 0 Å². The van der Waals surface area contributed by atoms with Crippen molar-refractivity contribution in [2.75, 3.05) is 0 Å². The monoisotopic (exact) mass is 345 g/mol. The standard InChI is InChI=1S/C21H15N3.ClH/c1-2-8-14(9-3-1)19-15-10-4-5-11-16(15)22-20(19)21-23-17-12-6-7-13-18(17)24-21;/h1-13,22H,(H,23,24);1H. The van der Waals surface area contributed by atoms with Crippen LogP contribution in [0.2, 0.25) is 0 Å². The number of benzene rings is 3. The smallest absolute Gasteiger partial charge is 0.155 e. The molecule has 0 aliphatic carbocycles. The molecule has 0 unspecified atom stereocenters. The Morgan fingerprint density at radius 2 is 1.32 bits per heavy atom. The van der Waals surface area contributed by atoms with Crippen LogP contribution in [-0.4, -0.2) is 15.0 Å². The second-order valence-corrected chi connectivity index (χ2v) is 5.89. The molecule has 25 heavy (non-hydrogen) atoms. The van der Waals surface area contributed by atoms with Crippen molar-refractivity contribution in [3.05, 3.63) is 78.9 Å². The number of hydrogen-bond donors (Lipinski definition) is 2. The van der Waals surface area contributed by atoms with Gasteiger partial charge in [-0.1, -0.05) is 60.7 Å². The molecule has 2 heterocycles. The second-order valence-electron chi connectivity index (χ2n) is 5.89. The number of halogens is 1. The SMILES string of the molecule is Cl.c1ccc(-c2c(-c3nc4ccccc4[nH]3)[nH]c3ccccc23)cc1. The number of nitrogens with one attached hydrogen (secondary N) is 2. The highest BCUT2D eigenvalue weighted by Crippen LogP contribution is 2.37. The van der Waals surface area contributed by atoms with E-state index in [4.69, 9.17) is 4.98 Å². The zero-order valence-electron chi connectivity index (χ0n) is 13.4. The molecule has 5 rings (SSSR count). The third kappa shape index (κ3) is 2.49. The fourth-order valence-electron chi connectivity index (χ4n) is 3.30. The van der Waals surface area contributed by atoms with Gasteiger partial charge in [0.2, 0.25) is 0 Å². The number of nitrogens with zero attached hydrogens (tertiary/aromatic N) is 1. The summed E-state index contributed by atoms with van der Waals surface area (Å²) in [5, 5.41) is 1.21. The van der Waals surface area contributed by atoms with E-state index in [0.717, 1.165) is 28.1 Å². The van der Waals surface area contributed by atoms with E-state index in [9.17, 15) is 0 Å². The van der Waals surface area contributed by atoms with E-state index in [2.05, 4.69) is 64.6 Å². The first-order chi connectivity index (χ1) is 11.9. The molecule has 2 aromatic heterocycles. The topological polar surface area (TPSA) is 44.5 Å². The summed E-state index contributed by atoms with van der Waals surface area (Å²) in [6.45, 7) is 0. The Morgan fingerprint density at radius 3 is 2.12 bits per heavy atom. The zero-order chi connectivity index (χ0) is 15.9. The molecule has 122 valence electrons. The lowest BCUT2D eigenvalue weighted by Crippen LogP contribution is -1.84. The zero-order valence-corrected chi connectivity index (χ0v) is 14.2. The third-order valence-electron chi connectivity index (χ3n) is 4.39. The van der Waals surface area contributed by atoms with Crippen molar-refractivity contribution in [2.45, 2.75) is 0 Å². The van der Waals surface area contributed by atoms with Gasteiger partial charge in [0.1, 0.15) is 0 Å². The van der Waals surface area contributed by atoms with Gasteiger partial charge in [0.05, 0.1) is 16.7 Å².